The molecular formula is C16H28O6. The van der Waals surface area contributed by atoms with Crippen molar-refractivity contribution < 1.29 is 30.0 Å². The summed E-state index contributed by atoms with van der Waals surface area (Å²) in [7, 11) is 0. The van der Waals surface area contributed by atoms with Crippen LogP contribution in [0.15, 0.2) is 24.3 Å². The molecule has 0 heterocycles. The second-order valence-corrected chi connectivity index (χ2v) is 6.08. The Hall–Kier alpha value is -1.66. The number of rotatable bonds is 2. The third-order valence-corrected chi connectivity index (χ3v) is 3.39. The zero-order chi connectivity index (χ0) is 18.1. The Morgan fingerprint density at radius 3 is 1.27 bits per heavy atom. The van der Waals surface area contributed by atoms with Crippen molar-refractivity contribution in [1.82, 2.24) is 0 Å². The van der Waals surface area contributed by atoms with E-state index in [0.29, 0.717) is 6.42 Å². The third kappa shape index (κ3) is 9.31. The molecule has 0 aromatic rings. The Kier molecular flexibility index (Phi) is 9.64. The summed E-state index contributed by atoms with van der Waals surface area (Å²) in [5.74, 6) is -3.30. The standard InChI is InChI=1S/C8H16O2.2C4H6O2/c1-7(2)5-3-4-6-8(7,9)10;2*1-3(2)4(5)6/h9-10H,3-6H2,1-2H3;2*1H2,2H3,(H,5,6). The van der Waals surface area contributed by atoms with Gasteiger partial charge in [-0.05, 0) is 26.7 Å². The van der Waals surface area contributed by atoms with Gasteiger partial charge in [-0.3, -0.25) is 0 Å². The maximum absolute atomic E-state index is 9.60. The summed E-state index contributed by atoms with van der Waals surface area (Å²) >= 11 is 0. The lowest BCUT2D eigenvalue weighted by Gasteiger charge is -2.42. The lowest BCUT2D eigenvalue weighted by Crippen LogP contribution is -2.46. The van der Waals surface area contributed by atoms with Crippen LogP contribution in [-0.4, -0.2) is 38.2 Å². The topological polar surface area (TPSA) is 115 Å². The molecule has 0 aliphatic heterocycles. The molecule has 1 aliphatic rings. The van der Waals surface area contributed by atoms with Gasteiger partial charge in [0.1, 0.15) is 0 Å². The van der Waals surface area contributed by atoms with Crippen LogP contribution in [-0.2, 0) is 9.59 Å². The highest BCUT2D eigenvalue weighted by atomic mass is 16.5. The Labute approximate surface area is 131 Å². The van der Waals surface area contributed by atoms with Gasteiger partial charge in [-0.1, -0.05) is 33.4 Å². The molecule has 1 fully saturated rings. The van der Waals surface area contributed by atoms with Crippen LogP contribution in [0.25, 0.3) is 0 Å². The zero-order valence-corrected chi connectivity index (χ0v) is 13.8. The zero-order valence-electron chi connectivity index (χ0n) is 13.8. The molecule has 128 valence electrons. The summed E-state index contributed by atoms with van der Waals surface area (Å²) < 4.78 is 0. The summed E-state index contributed by atoms with van der Waals surface area (Å²) in [6.45, 7) is 13.0. The van der Waals surface area contributed by atoms with Gasteiger partial charge in [-0.15, -0.1) is 0 Å². The smallest absolute Gasteiger partial charge is 0.330 e. The molecule has 0 unspecified atom stereocenters. The summed E-state index contributed by atoms with van der Waals surface area (Å²) in [5, 5.41) is 34.7. The molecule has 6 heteroatoms. The van der Waals surface area contributed by atoms with E-state index >= 15 is 0 Å². The van der Waals surface area contributed by atoms with E-state index in [-0.39, 0.29) is 16.6 Å². The molecule has 0 aromatic heterocycles. The fourth-order valence-corrected chi connectivity index (χ4v) is 1.48. The fourth-order valence-electron chi connectivity index (χ4n) is 1.48. The van der Waals surface area contributed by atoms with Crippen LogP contribution in [0.2, 0.25) is 0 Å². The van der Waals surface area contributed by atoms with Crippen LogP contribution in [0, 0.1) is 5.41 Å². The van der Waals surface area contributed by atoms with Gasteiger partial charge in [0.05, 0.1) is 0 Å². The summed E-state index contributed by atoms with van der Waals surface area (Å²) in [6.07, 6.45) is 3.51. The molecule has 0 radical (unpaired) electrons. The van der Waals surface area contributed by atoms with Crippen LogP contribution in [0.3, 0.4) is 0 Å². The normalized spacial score (nSPS) is 17.7. The van der Waals surface area contributed by atoms with Gasteiger partial charge >= 0.3 is 11.9 Å². The van der Waals surface area contributed by atoms with Crippen molar-refractivity contribution in [3.05, 3.63) is 24.3 Å². The average Bonchev–Trinajstić information content (AvgIpc) is 2.34. The molecule has 0 spiro atoms. The second-order valence-electron chi connectivity index (χ2n) is 6.08. The Morgan fingerprint density at radius 1 is 0.864 bits per heavy atom. The summed E-state index contributed by atoms with van der Waals surface area (Å²) in [6, 6.07) is 0. The molecule has 1 saturated carbocycles. The lowest BCUT2D eigenvalue weighted by atomic mass is 9.72. The first-order valence-corrected chi connectivity index (χ1v) is 6.97. The predicted octanol–water partition coefficient (Wildman–Crippen LogP) is 2.56. The molecule has 1 aliphatic carbocycles. The van der Waals surface area contributed by atoms with Crippen LogP contribution >= 0.6 is 0 Å². The van der Waals surface area contributed by atoms with Crippen LogP contribution in [0.1, 0.15) is 53.4 Å². The maximum atomic E-state index is 9.60. The van der Waals surface area contributed by atoms with Crippen molar-refractivity contribution in [3.8, 4) is 0 Å². The van der Waals surface area contributed by atoms with E-state index in [4.69, 9.17) is 10.2 Å². The predicted molar refractivity (Wildman–Crippen MR) is 84.3 cm³/mol. The highest BCUT2D eigenvalue weighted by Gasteiger charge is 2.43. The SMILES string of the molecule is C=C(C)C(=O)O.C=C(C)C(=O)O.CC1(C)CCCCC1(O)O. The highest BCUT2D eigenvalue weighted by molar-refractivity contribution is 5.85. The second kappa shape index (κ2) is 9.38. The fraction of sp³-hybridized carbons (Fsp3) is 0.625. The first kappa shape index (κ1) is 22.6. The first-order valence-electron chi connectivity index (χ1n) is 6.97. The van der Waals surface area contributed by atoms with E-state index in [1.807, 2.05) is 13.8 Å². The molecule has 6 nitrogen and oxygen atoms in total. The lowest BCUT2D eigenvalue weighted by molar-refractivity contribution is -0.250. The van der Waals surface area contributed by atoms with E-state index in [2.05, 4.69) is 13.2 Å². The van der Waals surface area contributed by atoms with Gasteiger partial charge in [0, 0.05) is 23.0 Å². The highest BCUT2D eigenvalue weighted by Crippen LogP contribution is 2.41. The van der Waals surface area contributed by atoms with Crippen LogP contribution in [0.5, 0.6) is 0 Å². The molecule has 1 rings (SSSR count). The largest absolute Gasteiger partial charge is 0.478 e. The molecule has 4 N–H and O–H groups in total. The minimum Gasteiger partial charge on any atom is -0.478 e. The Balaban J connectivity index is 0. The molecule has 0 bridgehead atoms. The van der Waals surface area contributed by atoms with E-state index in [9.17, 15) is 19.8 Å². The van der Waals surface area contributed by atoms with E-state index in [1.165, 1.54) is 13.8 Å². The van der Waals surface area contributed by atoms with Gasteiger partial charge < -0.3 is 20.4 Å². The van der Waals surface area contributed by atoms with E-state index < -0.39 is 17.7 Å². The van der Waals surface area contributed by atoms with Crippen molar-refractivity contribution in [2.24, 2.45) is 5.41 Å². The quantitative estimate of drug-likeness (QED) is 0.460. The summed E-state index contributed by atoms with van der Waals surface area (Å²) in [4.78, 5) is 19.2. The number of carbonyl (C=O) groups is 2. The van der Waals surface area contributed by atoms with Crippen molar-refractivity contribution in [1.29, 1.82) is 0 Å². The number of carboxylic acids is 2. The number of hydrogen-bond acceptors (Lipinski definition) is 4. The van der Waals surface area contributed by atoms with Crippen LogP contribution in [0.4, 0.5) is 0 Å². The number of carboxylic acid groups (broad SMARTS) is 2. The third-order valence-electron chi connectivity index (χ3n) is 3.39. The summed E-state index contributed by atoms with van der Waals surface area (Å²) in [5.41, 5.74) is 0.0376. The van der Waals surface area contributed by atoms with Crippen LogP contribution < -0.4 is 0 Å². The molecule has 0 saturated heterocycles. The molecule has 0 atom stereocenters. The van der Waals surface area contributed by atoms with Gasteiger partial charge in [-0.25, -0.2) is 9.59 Å². The monoisotopic (exact) mass is 316 g/mol. The van der Waals surface area contributed by atoms with E-state index in [1.54, 1.807) is 0 Å². The minimum absolute atomic E-state index is 0.176. The average molecular weight is 316 g/mol. The van der Waals surface area contributed by atoms with Gasteiger partial charge in [-0.2, -0.15) is 0 Å². The van der Waals surface area contributed by atoms with Gasteiger partial charge in [0.25, 0.3) is 0 Å². The molecule has 22 heavy (non-hydrogen) atoms. The number of hydrogen-bond donors (Lipinski definition) is 4. The molecule has 0 aromatic carbocycles. The number of aliphatic hydroxyl groups is 2. The van der Waals surface area contributed by atoms with Crippen molar-refractivity contribution in [2.75, 3.05) is 0 Å². The maximum Gasteiger partial charge on any atom is 0.330 e. The van der Waals surface area contributed by atoms with Gasteiger partial charge in [0.15, 0.2) is 5.79 Å². The van der Waals surface area contributed by atoms with E-state index in [0.717, 1.165) is 19.3 Å². The van der Waals surface area contributed by atoms with Gasteiger partial charge in [0.2, 0.25) is 0 Å². The Bertz CT molecular complexity index is 356. The molecule has 0 amide bonds. The first-order chi connectivity index (χ1) is 9.74. The van der Waals surface area contributed by atoms with Crippen molar-refractivity contribution in [2.45, 2.75) is 59.2 Å². The van der Waals surface area contributed by atoms with Crippen molar-refractivity contribution >= 4 is 11.9 Å². The minimum atomic E-state index is -1.43. The van der Waals surface area contributed by atoms with Crippen molar-refractivity contribution in [3.63, 3.8) is 0 Å². The Morgan fingerprint density at radius 2 is 1.14 bits per heavy atom. The number of aliphatic carboxylic acids is 2. The molecular weight excluding hydrogens is 288 g/mol.